The van der Waals surface area contributed by atoms with Crippen LogP contribution in [0.3, 0.4) is 0 Å². The number of benzene rings is 2. The Labute approximate surface area is 204 Å². The van der Waals surface area contributed by atoms with Crippen molar-refractivity contribution in [3.63, 3.8) is 0 Å². The van der Waals surface area contributed by atoms with E-state index < -0.39 is 0 Å². The summed E-state index contributed by atoms with van der Waals surface area (Å²) in [6, 6.07) is 15.6. The van der Waals surface area contributed by atoms with Gasteiger partial charge in [-0.3, -0.25) is 9.59 Å². The molecule has 1 amide bonds. The number of phenolic OH excluding ortho intramolecular Hbond substituents is 1. The number of nitrogens with zero attached hydrogens (tertiary/aromatic N) is 1. The number of aromatic nitrogens is 1. The van der Waals surface area contributed by atoms with Crippen molar-refractivity contribution in [3.05, 3.63) is 83.8 Å². The van der Waals surface area contributed by atoms with Crippen LogP contribution in [0.25, 0.3) is 0 Å². The number of carbonyl (C=O) groups is 2. The third-order valence-electron chi connectivity index (χ3n) is 6.45. The van der Waals surface area contributed by atoms with Gasteiger partial charge in [-0.1, -0.05) is 18.6 Å². The highest BCUT2D eigenvalue weighted by molar-refractivity contribution is 5.98. The van der Waals surface area contributed by atoms with Crippen LogP contribution in [0.5, 0.6) is 17.4 Å². The number of pyridine rings is 1. The van der Waals surface area contributed by atoms with E-state index in [1.54, 1.807) is 36.5 Å². The summed E-state index contributed by atoms with van der Waals surface area (Å²) < 4.78 is 18.9. The molecule has 0 unspecified atom stereocenters. The Morgan fingerprint density at radius 1 is 0.971 bits per heavy atom. The monoisotopic (exact) mass is 476 g/mol. The van der Waals surface area contributed by atoms with Gasteiger partial charge in [0.05, 0.1) is 11.1 Å². The molecule has 1 heterocycles. The minimum absolute atomic E-state index is 0.0109. The molecule has 0 atom stereocenters. The lowest BCUT2D eigenvalue weighted by Crippen LogP contribution is -2.37. The van der Waals surface area contributed by atoms with Crippen LogP contribution in [-0.2, 0) is 0 Å². The van der Waals surface area contributed by atoms with Crippen LogP contribution in [0.1, 0.15) is 65.7 Å². The molecule has 35 heavy (non-hydrogen) atoms. The number of Topliss-reactive ketones (excluding diaryl/α,β-unsaturated/α-hetero) is 1. The van der Waals surface area contributed by atoms with Crippen LogP contribution in [0.2, 0.25) is 0 Å². The van der Waals surface area contributed by atoms with E-state index in [4.69, 9.17) is 4.74 Å². The van der Waals surface area contributed by atoms with Gasteiger partial charge in [-0.05, 0) is 86.6 Å². The molecule has 1 fully saturated rings. The summed E-state index contributed by atoms with van der Waals surface area (Å²) in [6.07, 6.45) is 7.43. The first-order valence-corrected chi connectivity index (χ1v) is 12.0. The summed E-state index contributed by atoms with van der Waals surface area (Å²) in [4.78, 5) is 29.4. The number of aromatic hydroxyl groups is 1. The normalized spacial score (nSPS) is 17.5. The number of ketones is 1. The molecule has 7 heteroatoms. The number of amides is 1. The molecule has 0 saturated heterocycles. The second-order valence-electron chi connectivity index (χ2n) is 8.94. The lowest BCUT2D eigenvalue weighted by Gasteiger charge is -2.29. The Morgan fingerprint density at radius 2 is 1.69 bits per heavy atom. The number of ether oxygens (including phenoxy) is 1. The molecule has 0 bridgehead atoms. The predicted octanol–water partition coefficient (Wildman–Crippen LogP) is 6.06. The van der Waals surface area contributed by atoms with E-state index >= 15 is 0 Å². The fourth-order valence-electron chi connectivity index (χ4n) is 4.51. The predicted molar refractivity (Wildman–Crippen MR) is 130 cm³/mol. The maximum absolute atomic E-state index is 13.1. The molecular formula is C28H29FN2O4. The van der Waals surface area contributed by atoms with Crippen molar-refractivity contribution in [2.75, 3.05) is 0 Å². The van der Waals surface area contributed by atoms with E-state index in [0.29, 0.717) is 29.2 Å². The minimum atomic E-state index is -0.360. The molecule has 2 aromatic carbocycles. The highest BCUT2D eigenvalue weighted by Gasteiger charge is 2.24. The third-order valence-corrected chi connectivity index (χ3v) is 6.45. The zero-order valence-corrected chi connectivity index (χ0v) is 19.5. The van der Waals surface area contributed by atoms with E-state index in [1.165, 1.54) is 30.3 Å². The van der Waals surface area contributed by atoms with Crippen LogP contribution in [0, 0.1) is 11.7 Å². The molecule has 1 saturated carbocycles. The van der Waals surface area contributed by atoms with Gasteiger partial charge in [0, 0.05) is 18.7 Å². The average Bonchev–Trinajstić information content (AvgIpc) is 2.87. The Bertz CT molecular complexity index is 1160. The number of para-hydroxylation sites is 1. The van der Waals surface area contributed by atoms with Crippen molar-refractivity contribution in [2.45, 2.75) is 51.0 Å². The van der Waals surface area contributed by atoms with E-state index in [0.717, 1.165) is 38.5 Å². The van der Waals surface area contributed by atoms with E-state index in [2.05, 4.69) is 10.3 Å². The second kappa shape index (κ2) is 11.6. The molecule has 182 valence electrons. The van der Waals surface area contributed by atoms with Crippen LogP contribution in [-0.4, -0.2) is 27.8 Å². The maximum Gasteiger partial charge on any atom is 0.255 e. The van der Waals surface area contributed by atoms with E-state index in [-0.39, 0.29) is 35.2 Å². The average molecular weight is 477 g/mol. The highest BCUT2D eigenvalue weighted by atomic mass is 19.1. The molecule has 1 aliphatic carbocycles. The summed E-state index contributed by atoms with van der Waals surface area (Å²) >= 11 is 0. The van der Waals surface area contributed by atoms with Gasteiger partial charge in [0.15, 0.2) is 5.78 Å². The lowest BCUT2D eigenvalue weighted by atomic mass is 9.82. The van der Waals surface area contributed by atoms with Gasteiger partial charge in [0.2, 0.25) is 5.88 Å². The molecule has 1 aromatic heterocycles. The van der Waals surface area contributed by atoms with E-state index in [1.807, 2.05) is 0 Å². The van der Waals surface area contributed by atoms with Crippen molar-refractivity contribution in [1.82, 2.24) is 10.3 Å². The van der Waals surface area contributed by atoms with Crippen molar-refractivity contribution < 1.29 is 23.8 Å². The van der Waals surface area contributed by atoms with Crippen LogP contribution in [0.4, 0.5) is 4.39 Å². The Balaban J connectivity index is 1.22. The van der Waals surface area contributed by atoms with Gasteiger partial charge >= 0.3 is 0 Å². The standard InChI is InChI=1S/C28H29FN2O4/c29-20-12-16-22(17-13-20)35-28-24(7-4-18-30-28)26(33)9-3-5-19-10-14-21(15-11-19)31-27(34)23-6-1-2-8-25(23)32/h1-2,4,6-8,12-13,16-19,21,32H,3,5,9-11,14-15H2,(H,31,34). The van der Waals surface area contributed by atoms with Crippen molar-refractivity contribution in [3.8, 4) is 17.4 Å². The van der Waals surface area contributed by atoms with Crippen LogP contribution in [0.15, 0.2) is 66.9 Å². The van der Waals surface area contributed by atoms with Gasteiger partial charge in [-0.2, -0.15) is 0 Å². The van der Waals surface area contributed by atoms with Crippen LogP contribution >= 0.6 is 0 Å². The highest BCUT2D eigenvalue weighted by Crippen LogP contribution is 2.30. The zero-order chi connectivity index (χ0) is 24.6. The number of halogens is 1. The molecule has 4 rings (SSSR count). The fourth-order valence-corrected chi connectivity index (χ4v) is 4.51. The number of phenols is 1. The fraction of sp³-hybridized carbons (Fsp3) is 0.321. The van der Waals surface area contributed by atoms with Gasteiger partial charge < -0.3 is 15.2 Å². The number of nitrogens with one attached hydrogen (secondary N) is 1. The topological polar surface area (TPSA) is 88.5 Å². The van der Waals surface area contributed by atoms with Gasteiger partial charge in [-0.15, -0.1) is 0 Å². The Morgan fingerprint density at radius 3 is 2.43 bits per heavy atom. The first-order chi connectivity index (χ1) is 17.0. The van der Waals surface area contributed by atoms with E-state index in [9.17, 15) is 19.1 Å². The second-order valence-corrected chi connectivity index (χ2v) is 8.94. The Kier molecular flexibility index (Phi) is 8.08. The number of hydrogen-bond donors (Lipinski definition) is 2. The molecule has 0 radical (unpaired) electrons. The molecular weight excluding hydrogens is 447 g/mol. The first kappa shape index (κ1) is 24.4. The van der Waals surface area contributed by atoms with Crippen LogP contribution < -0.4 is 10.1 Å². The summed E-state index contributed by atoms with van der Waals surface area (Å²) in [5.41, 5.74) is 0.721. The molecule has 3 aromatic rings. The molecule has 1 aliphatic rings. The van der Waals surface area contributed by atoms with Gasteiger partial charge in [0.1, 0.15) is 17.3 Å². The SMILES string of the molecule is O=C(NC1CCC(CCCC(=O)c2cccnc2Oc2ccc(F)cc2)CC1)c1ccccc1O. The number of rotatable bonds is 9. The van der Waals surface area contributed by atoms with Gasteiger partial charge in [-0.25, -0.2) is 9.37 Å². The minimum Gasteiger partial charge on any atom is -0.507 e. The number of carbonyl (C=O) groups excluding carboxylic acids is 2. The quantitative estimate of drug-likeness (QED) is 0.367. The lowest BCUT2D eigenvalue weighted by molar-refractivity contribution is 0.0913. The van der Waals surface area contributed by atoms with Crippen molar-refractivity contribution in [2.24, 2.45) is 5.92 Å². The number of hydrogen-bond acceptors (Lipinski definition) is 5. The maximum atomic E-state index is 13.1. The summed E-state index contributed by atoms with van der Waals surface area (Å²) in [5.74, 6) is 0.524. The summed E-state index contributed by atoms with van der Waals surface area (Å²) in [5, 5.41) is 12.9. The van der Waals surface area contributed by atoms with Crippen molar-refractivity contribution in [1.29, 1.82) is 0 Å². The molecule has 0 spiro atoms. The molecule has 6 nitrogen and oxygen atoms in total. The summed E-state index contributed by atoms with van der Waals surface area (Å²) in [6.45, 7) is 0. The Hall–Kier alpha value is -3.74. The summed E-state index contributed by atoms with van der Waals surface area (Å²) in [7, 11) is 0. The van der Waals surface area contributed by atoms with Gasteiger partial charge in [0.25, 0.3) is 5.91 Å². The smallest absolute Gasteiger partial charge is 0.255 e. The van der Waals surface area contributed by atoms with Crippen molar-refractivity contribution >= 4 is 11.7 Å². The third kappa shape index (κ3) is 6.66. The first-order valence-electron chi connectivity index (χ1n) is 12.0. The molecule has 0 aliphatic heterocycles. The molecule has 2 N–H and O–H groups in total. The largest absolute Gasteiger partial charge is 0.507 e. The zero-order valence-electron chi connectivity index (χ0n) is 19.5.